The molecule has 2 aromatic carbocycles. The Morgan fingerprint density at radius 3 is 2.21 bits per heavy atom. The van der Waals surface area contributed by atoms with Crippen LogP contribution >= 0.6 is 11.3 Å². The number of amides is 2. The summed E-state index contributed by atoms with van der Waals surface area (Å²) in [5.74, 6) is 2.47. The van der Waals surface area contributed by atoms with E-state index >= 15 is 0 Å². The molecule has 174 valence electrons. The molecule has 0 spiro atoms. The summed E-state index contributed by atoms with van der Waals surface area (Å²) < 4.78 is 15.8. The van der Waals surface area contributed by atoms with Crippen LogP contribution in [0.3, 0.4) is 0 Å². The number of thiophene rings is 1. The highest BCUT2D eigenvalue weighted by Gasteiger charge is 2.38. The molecule has 1 aliphatic rings. The number of carbonyl (C=O) groups excluding carboxylic acids is 3. The zero-order chi connectivity index (χ0) is 24.2. The summed E-state index contributed by atoms with van der Waals surface area (Å²) in [6.45, 7) is -0.217. The fourth-order valence-corrected chi connectivity index (χ4v) is 4.37. The number of anilines is 3. The SMILES string of the molecule is COc1ccc(NC(=O)CN2C(=C=O)N(c3cc(OC)cc(OC)c3)C(=O)c3sccc32)cc1. The Hall–Kier alpha value is -4.27. The maximum atomic E-state index is 13.3. The molecule has 3 aromatic rings. The minimum Gasteiger partial charge on any atom is -0.497 e. The minimum absolute atomic E-state index is 0.115. The van der Waals surface area contributed by atoms with Gasteiger partial charge in [0.1, 0.15) is 28.7 Å². The van der Waals surface area contributed by atoms with Crippen molar-refractivity contribution in [3.8, 4) is 17.2 Å². The van der Waals surface area contributed by atoms with Crippen molar-refractivity contribution < 1.29 is 28.6 Å². The summed E-state index contributed by atoms with van der Waals surface area (Å²) in [6, 6.07) is 13.4. The maximum absolute atomic E-state index is 13.3. The van der Waals surface area contributed by atoms with Gasteiger partial charge in [-0.25, -0.2) is 4.79 Å². The van der Waals surface area contributed by atoms with Gasteiger partial charge in [0.15, 0.2) is 5.94 Å². The van der Waals surface area contributed by atoms with Gasteiger partial charge in [0, 0.05) is 23.9 Å². The van der Waals surface area contributed by atoms with E-state index in [9.17, 15) is 14.4 Å². The quantitative estimate of drug-likeness (QED) is 0.518. The summed E-state index contributed by atoms with van der Waals surface area (Å²) in [4.78, 5) is 41.4. The Kier molecular flexibility index (Phi) is 6.53. The molecule has 34 heavy (non-hydrogen) atoms. The van der Waals surface area contributed by atoms with Gasteiger partial charge in [-0.05, 0) is 35.7 Å². The molecule has 0 fully saturated rings. The molecule has 0 unspecified atom stereocenters. The van der Waals surface area contributed by atoms with Gasteiger partial charge < -0.3 is 24.4 Å². The van der Waals surface area contributed by atoms with Crippen LogP contribution < -0.4 is 29.3 Å². The molecule has 1 aliphatic heterocycles. The Bertz CT molecular complexity index is 1260. The van der Waals surface area contributed by atoms with Crippen LogP contribution in [0.2, 0.25) is 0 Å². The van der Waals surface area contributed by atoms with Gasteiger partial charge in [0.25, 0.3) is 5.91 Å². The van der Waals surface area contributed by atoms with E-state index in [0.717, 1.165) is 0 Å². The molecule has 4 rings (SSSR count). The Morgan fingerprint density at radius 2 is 1.62 bits per heavy atom. The Morgan fingerprint density at radius 1 is 0.971 bits per heavy atom. The van der Waals surface area contributed by atoms with Gasteiger partial charge in [-0.15, -0.1) is 11.3 Å². The molecular formula is C24H21N3O6S. The van der Waals surface area contributed by atoms with E-state index in [-0.39, 0.29) is 18.3 Å². The van der Waals surface area contributed by atoms with Gasteiger partial charge in [-0.3, -0.25) is 14.5 Å². The molecule has 2 heterocycles. The van der Waals surface area contributed by atoms with Crippen LogP contribution in [0.5, 0.6) is 17.2 Å². The smallest absolute Gasteiger partial charge is 0.276 e. The lowest BCUT2D eigenvalue weighted by Crippen LogP contribution is -2.47. The normalized spacial score (nSPS) is 12.7. The molecule has 0 saturated heterocycles. The predicted molar refractivity (Wildman–Crippen MR) is 129 cm³/mol. The van der Waals surface area contributed by atoms with E-state index < -0.39 is 5.91 Å². The van der Waals surface area contributed by atoms with Crippen molar-refractivity contribution in [2.24, 2.45) is 0 Å². The van der Waals surface area contributed by atoms with Crippen molar-refractivity contribution >= 4 is 46.2 Å². The molecule has 2 amide bonds. The summed E-state index contributed by atoms with van der Waals surface area (Å²) in [5, 5.41) is 4.52. The van der Waals surface area contributed by atoms with Gasteiger partial charge >= 0.3 is 0 Å². The fourth-order valence-electron chi connectivity index (χ4n) is 3.55. The topological polar surface area (TPSA) is 97.4 Å². The standard InChI is InChI=1S/C24H21N3O6S/c1-31-17-6-4-15(5-7-17)25-21(29)13-26-20-8-9-34-23(20)24(30)27(22(26)14-28)16-10-18(32-2)12-19(11-16)33-3/h4-12H,13H2,1-3H3,(H,25,29). The highest BCUT2D eigenvalue weighted by Crippen LogP contribution is 2.40. The molecule has 1 aromatic heterocycles. The highest BCUT2D eigenvalue weighted by atomic mass is 32.1. The third kappa shape index (κ3) is 4.32. The Balaban J connectivity index is 1.69. The number of ether oxygens (including phenoxy) is 3. The highest BCUT2D eigenvalue weighted by molar-refractivity contribution is 7.13. The number of nitrogens with zero attached hydrogens (tertiary/aromatic N) is 2. The average molecular weight is 480 g/mol. The van der Waals surface area contributed by atoms with Gasteiger partial charge in [-0.1, -0.05) is 0 Å². The first-order valence-electron chi connectivity index (χ1n) is 10.1. The van der Waals surface area contributed by atoms with Gasteiger partial charge in [0.05, 0.1) is 32.7 Å². The molecule has 0 bridgehead atoms. The van der Waals surface area contributed by atoms with Crippen molar-refractivity contribution in [2.75, 3.05) is 43.0 Å². The second-order valence-corrected chi connectivity index (χ2v) is 8.05. The molecule has 0 aliphatic carbocycles. The first-order chi connectivity index (χ1) is 16.5. The van der Waals surface area contributed by atoms with Crippen LogP contribution in [-0.2, 0) is 9.59 Å². The largest absolute Gasteiger partial charge is 0.497 e. The van der Waals surface area contributed by atoms with Crippen molar-refractivity contribution in [3.63, 3.8) is 0 Å². The van der Waals surface area contributed by atoms with Crippen molar-refractivity contribution in [1.82, 2.24) is 0 Å². The predicted octanol–water partition coefficient (Wildman–Crippen LogP) is 3.55. The maximum Gasteiger partial charge on any atom is 0.276 e. The lowest BCUT2D eigenvalue weighted by Gasteiger charge is -2.36. The summed E-state index contributed by atoms with van der Waals surface area (Å²) in [7, 11) is 4.53. The number of methoxy groups -OCH3 is 3. The van der Waals surface area contributed by atoms with E-state index in [0.29, 0.717) is 39.2 Å². The number of rotatable bonds is 7. The number of nitrogens with one attached hydrogen (secondary N) is 1. The van der Waals surface area contributed by atoms with Crippen LogP contribution in [0.15, 0.2) is 59.7 Å². The molecular weight excluding hydrogens is 458 g/mol. The van der Waals surface area contributed by atoms with E-state index in [2.05, 4.69) is 5.32 Å². The molecule has 10 heteroatoms. The average Bonchev–Trinajstić information content (AvgIpc) is 3.36. The molecule has 0 saturated carbocycles. The number of carbonyl (C=O) groups is 2. The zero-order valence-electron chi connectivity index (χ0n) is 18.7. The number of hydrogen-bond donors (Lipinski definition) is 1. The Labute approximate surface area is 199 Å². The van der Waals surface area contributed by atoms with Crippen LogP contribution in [0.4, 0.5) is 17.1 Å². The lowest BCUT2D eigenvalue weighted by molar-refractivity contribution is -0.114. The monoisotopic (exact) mass is 479 g/mol. The molecule has 0 atom stereocenters. The second-order valence-electron chi connectivity index (χ2n) is 7.13. The first kappa shape index (κ1) is 22.9. The van der Waals surface area contributed by atoms with E-state index in [1.54, 1.807) is 61.0 Å². The van der Waals surface area contributed by atoms with Crippen LogP contribution in [0.25, 0.3) is 0 Å². The van der Waals surface area contributed by atoms with E-state index in [4.69, 9.17) is 14.2 Å². The molecule has 0 radical (unpaired) electrons. The van der Waals surface area contributed by atoms with Gasteiger partial charge in [-0.2, -0.15) is 0 Å². The van der Waals surface area contributed by atoms with Gasteiger partial charge in [0.2, 0.25) is 11.7 Å². The number of benzene rings is 2. The van der Waals surface area contributed by atoms with E-state index in [1.165, 1.54) is 35.4 Å². The van der Waals surface area contributed by atoms with Crippen molar-refractivity contribution in [3.05, 3.63) is 64.6 Å². The zero-order valence-corrected chi connectivity index (χ0v) is 19.5. The third-order valence-electron chi connectivity index (χ3n) is 5.16. The summed E-state index contributed by atoms with van der Waals surface area (Å²) in [5.41, 5.74) is 1.37. The van der Waals surface area contributed by atoms with Crippen molar-refractivity contribution in [2.45, 2.75) is 0 Å². The van der Waals surface area contributed by atoms with Crippen molar-refractivity contribution in [1.29, 1.82) is 0 Å². The number of fused-ring (bicyclic) bond motifs is 1. The summed E-state index contributed by atoms with van der Waals surface area (Å²) >= 11 is 1.22. The lowest BCUT2D eigenvalue weighted by atomic mass is 10.2. The van der Waals surface area contributed by atoms with Crippen LogP contribution in [0.1, 0.15) is 9.67 Å². The van der Waals surface area contributed by atoms with E-state index in [1.807, 2.05) is 5.94 Å². The third-order valence-corrected chi connectivity index (χ3v) is 6.05. The molecule has 1 N–H and O–H groups in total. The summed E-state index contributed by atoms with van der Waals surface area (Å²) in [6.07, 6.45) is 0. The number of hydrogen-bond acceptors (Lipinski definition) is 8. The first-order valence-corrected chi connectivity index (χ1v) is 11.0. The second kappa shape index (κ2) is 9.70. The fraction of sp³-hybridized carbons (Fsp3) is 0.167. The van der Waals surface area contributed by atoms with Crippen LogP contribution in [0, 0.1) is 0 Å². The molecule has 9 nitrogen and oxygen atoms in total. The minimum atomic E-state index is -0.412. The van der Waals surface area contributed by atoms with Crippen LogP contribution in [-0.4, -0.2) is 45.6 Å².